The van der Waals surface area contributed by atoms with Gasteiger partial charge in [0.15, 0.2) is 0 Å². The van der Waals surface area contributed by atoms with Gasteiger partial charge in [0.2, 0.25) is 11.8 Å². The van der Waals surface area contributed by atoms with E-state index in [4.69, 9.17) is 0 Å². The van der Waals surface area contributed by atoms with Crippen molar-refractivity contribution in [3.8, 4) is 0 Å². The number of nitrogens with zero attached hydrogens (tertiary/aromatic N) is 3. The van der Waals surface area contributed by atoms with E-state index in [0.717, 1.165) is 27.2 Å². The molecule has 4 aliphatic rings. The summed E-state index contributed by atoms with van der Waals surface area (Å²) in [5.41, 5.74) is 4.82. The van der Waals surface area contributed by atoms with E-state index in [1.807, 2.05) is 48.5 Å². The second kappa shape index (κ2) is 9.06. The zero-order valence-corrected chi connectivity index (χ0v) is 21.5. The van der Waals surface area contributed by atoms with Crippen molar-refractivity contribution >= 4 is 35.3 Å². The van der Waals surface area contributed by atoms with Crippen LogP contribution in [0, 0.1) is 22.0 Å². The minimum atomic E-state index is -1.21. The summed E-state index contributed by atoms with van der Waals surface area (Å²) in [5, 5.41) is 16.3. The lowest BCUT2D eigenvalue weighted by atomic mass is 9.47. The van der Waals surface area contributed by atoms with Crippen LogP contribution in [0.3, 0.4) is 0 Å². The highest BCUT2D eigenvalue weighted by Crippen LogP contribution is 2.63. The maximum atomic E-state index is 14.4. The van der Waals surface area contributed by atoms with Crippen LogP contribution in [0.25, 0.3) is 0 Å². The molecule has 9 nitrogen and oxygen atoms in total. The maximum Gasteiger partial charge on any atom is 0.293 e. The van der Waals surface area contributed by atoms with Crippen molar-refractivity contribution in [1.82, 2.24) is 5.43 Å². The quantitative estimate of drug-likeness (QED) is 0.171. The van der Waals surface area contributed by atoms with Crippen molar-refractivity contribution in [1.29, 1.82) is 0 Å². The van der Waals surface area contributed by atoms with Gasteiger partial charge in [-0.15, -0.1) is 0 Å². The Hall–Kier alpha value is -5.44. The van der Waals surface area contributed by atoms with Gasteiger partial charge in [0.25, 0.3) is 11.6 Å². The molecule has 2 atom stereocenters. The monoisotopic (exact) mass is 542 g/mol. The normalized spacial score (nSPS) is 23.7. The molecule has 2 bridgehead atoms. The molecule has 9 heteroatoms. The zero-order valence-electron chi connectivity index (χ0n) is 21.5. The third kappa shape index (κ3) is 3.35. The van der Waals surface area contributed by atoms with E-state index in [9.17, 15) is 24.5 Å². The standard InChI is InChI=1S/C32H22N4O5/c37-29(19-10-2-1-3-11-19)34-33-18-32-22-14-6-4-12-20(22)26(21-13-5-7-15-23(21)32)27-28(32)31(39)35(30(27)38)24-16-8-9-17-25(24)36(40)41/h1-18,26-28H,(H,34,37)/b33-18-/t26?,27-,28+,32?/m0/s1. The summed E-state index contributed by atoms with van der Waals surface area (Å²) in [5.74, 6) is -3.62. The molecular weight excluding hydrogens is 520 g/mol. The summed E-state index contributed by atoms with van der Waals surface area (Å²) in [6.45, 7) is 0. The summed E-state index contributed by atoms with van der Waals surface area (Å²) < 4.78 is 0. The average Bonchev–Trinajstić information content (AvgIpc) is 3.28. The summed E-state index contributed by atoms with van der Waals surface area (Å²) >= 11 is 0. The molecule has 0 saturated carbocycles. The molecule has 8 rings (SSSR count). The van der Waals surface area contributed by atoms with E-state index >= 15 is 0 Å². The van der Waals surface area contributed by atoms with Crippen molar-refractivity contribution in [2.24, 2.45) is 16.9 Å². The number of hydrogen-bond acceptors (Lipinski definition) is 6. The molecule has 3 amide bonds. The first-order chi connectivity index (χ1) is 19.9. The van der Waals surface area contributed by atoms with Crippen LogP contribution in [-0.2, 0) is 15.0 Å². The molecular formula is C32H22N4O5. The predicted octanol–water partition coefficient (Wildman–Crippen LogP) is 4.56. The van der Waals surface area contributed by atoms with Gasteiger partial charge < -0.3 is 0 Å². The lowest BCUT2D eigenvalue weighted by Crippen LogP contribution is -2.54. The predicted molar refractivity (Wildman–Crippen MR) is 150 cm³/mol. The van der Waals surface area contributed by atoms with Crippen LogP contribution in [-0.4, -0.2) is 28.9 Å². The number of carbonyl (C=O) groups excluding carboxylic acids is 3. The molecule has 0 unspecified atom stereocenters. The average molecular weight is 543 g/mol. The molecule has 0 spiro atoms. The number of hydrogen-bond donors (Lipinski definition) is 1. The van der Waals surface area contributed by atoms with E-state index in [0.29, 0.717) is 5.56 Å². The van der Waals surface area contributed by atoms with Crippen LogP contribution in [0.15, 0.2) is 108 Å². The third-order valence-electron chi connectivity index (χ3n) is 8.47. The molecule has 4 aromatic rings. The third-order valence-corrected chi connectivity index (χ3v) is 8.47. The molecule has 1 fully saturated rings. The van der Waals surface area contributed by atoms with Crippen molar-refractivity contribution in [3.05, 3.63) is 141 Å². The zero-order chi connectivity index (χ0) is 28.3. The Morgan fingerprint density at radius 1 is 0.829 bits per heavy atom. The van der Waals surface area contributed by atoms with Crippen molar-refractivity contribution in [3.63, 3.8) is 0 Å². The minimum absolute atomic E-state index is 0.0566. The lowest BCUT2D eigenvalue weighted by molar-refractivity contribution is -0.384. The first kappa shape index (κ1) is 24.6. The SMILES string of the molecule is O=C(N/N=C\C12c3ccccc3C(c3ccccc31)[C@@H]1C(=O)N(c3ccccc3[N+](=O)[O-])C(=O)[C@@H]12)c1ccccc1. The highest BCUT2D eigenvalue weighted by Gasteiger charge is 2.68. The lowest BCUT2D eigenvalue weighted by Gasteiger charge is -2.52. The van der Waals surface area contributed by atoms with E-state index < -0.39 is 45.8 Å². The van der Waals surface area contributed by atoms with E-state index in [-0.39, 0.29) is 11.4 Å². The molecule has 4 aromatic carbocycles. The molecule has 1 heterocycles. The Bertz CT molecular complexity index is 1750. The van der Waals surface area contributed by atoms with Crippen LogP contribution in [0.2, 0.25) is 0 Å². The summed E-state index contributed by atoms with van der Waals surface area (Å²) in [6.07, 6.45) is 1.56. The highest BCUT2D eigenvalue weighted by atomic mass is 16.6. The topological polar surface area (TPSA) is 122 Å². The second-order valence-electron chi connectivity index (χ2n) is 10.3. The molecule has 3 aliphatic carbocycles. The molecule has 41 heavy (non-hydrogen) atoms. The van der Waals surface area contributed by atoms with E-state index in [1.54, 1.807) is 42.6 Å². The van der Waals surface area contributed by atoms with Crippen LogP contribution in [0.1, 0.15) is 38.5 Å². The molecule has 1 saturated heterocycles. The van der Waals surface area contributed by atoms with Crippen molar-refractivity contribution in [2.75, 3.05) is 4.90 Å². The number of imide groups is 1. The highest BCUT2D eigenvalue weighted by molar-refractivity contribution is 6.25. The first-order valence-corrected chi connectivity index (χ1v) is 13.1. The van der Waals surface area contributed by atoms with Crippen molar-refractivity contribution in [2.45, 2.75) is 11.3 Å². The van der Waals surface area contributed by atoms with E-state index in [1.165, 1.54) is 18.2 Å². The molecule has 0 radical (unpaired) electrons. The number of carbonyl (C=O) groups is 3. The second-order valence-corrected chi connectivity index (χ2v) is 10.3. The number of amides is 3. The molecule has 200 valence electrons. The first-order valence-electron chi connectivity index (χ1n) is 13.1. The number of benzene rings is 4. The van der Waals surface area contributed by atoms with Gasteiger partial charge in [0, 0.05) is 23.8 Å². The molecule has 1 aliphatic heterocycles. The van der Waals surface area contributed by atoms with Gasteiger partial charge in [-0.3, -0.25) is 24.5 Å². The smallest absolute Gasteiger partial charge is 0.274 e. The number of nitro benzene ring substituents is 1. The van der Waals surface area contributed by atoms with Gasteiger partial charge in [-0.05, 0) is 40.5 Å². The Balaban J connectivity index is 1.43. The van der Waals surface area contributed by atoms with Crippen LogP contribution >= 0.6 is 0 Å². The Labute approximate surface area is 234 Å². The fraction of sp³-hybridized carbons (Fsp3) is 0.125. The minimum Gasteiger partial charge on any atom is -0.274 e. The van der Waals surface area contributed by atoms with Crippen molar-refractivity contribution < 1.29 is 19.3 Å². The number of para-hydroxylation sites is 2. The van der Waals surface area contributed by atoms with Gasteiger partial charge in [0.1, 0.15) is 5.69 Å². The fourth-order valence-corrected chi connectivity index (χ4v) is 6.94. The fourth-order valence-electron chi connectivity index (χ4n) is 6.94. The summed E-state index contributed by atoms with van der Waals surface area (Å²) in [7, 11) is 0. The maximum absolute atomic E-state index is 14.4. The van der Waals surface area contributed by atoms with Gasteiger partial charge in [-0.1, -0.05) is 78.9 Å². The largest absolute Gasteiger partial charge is 0.293 e. The van der Waals surface area contributed by atoms with Crippen LogP contribution in [0.5, 0.6) is 0 Å². The number of hydrazone groups is 1. The number of nitrogens with one attached hydrogen (secondary N) is 1. The number of rotatable bonds is 5. The van der Waals surface area contributed by atoms with Gasteiger partial charge in [-0.25, -0.2) is 10.3 Å². The summed E-state index contributed by atoms with van der Waals surface area (Å²) in [4.78, 5) is 53.7. The van der Waals surface area contributed by atoms with Gasteiger partial charge in [-0.2, -0.15) is 5.10 Å². The Kier molecular flexibility index (Phi) is 5.43. The number of anilines is 1. The Morgan fingerprint density at radius 3 is 2.07 bits per heavy atom. The Morgan fingerprint density at radius 2 is 1.41 bits per heavy atom. The van der Waals surface area contributed by atoms with E-state index in [2.05, 4.69) is 10.5 Å². The number of nitro groups is 1. The van der Waals surface area contributed by atoms with Crippen LogP contribution < -0.4 is 10.3 Å². The molecule has 1 N–H and O–H groups in total. The summed E-state index contributed by atoms with van der Waals surface area (Å²) in [6, 6.07) is 29.7. The van der Waals surface area contributed by atoms with Crippen LogP contribution in [0.4, 0.5) is 11.4 Å². The van der Waals surface area contributed by atoms with Gasteiger partial charge >= 0.3 is 0 Å². The molecule has 0 aromatic heterocycles. The van der Waals surface area contributed by atoms with Gasteiger partial charge in [0.05, 0.1) is 22.2 Å².